The minimum absolute atomic E-state index is 0.471. The Morgan fingerprint density at radius 2 is 1.95 bits per heavy atom. The summed E-state index contributed by atoms with van der Waals surface area (Å²) in [5.74, 6) is 1.23. The quantitative estimate of drug-likeness (QED) is 0.764. The van der Waals surface area contributed by atoms with Gasteiger partial charge < -0.3 is 20.3 Å². The van der Waals surface area contributed by atoms with E-state index in [1.165, 1.54) is 6.33 Å². The number of hydrogen-bond donors (Lipinski definition) is 1. The molecule has 6 nitrogen and oxygen atoms in total. The number of nitrogen functional groups attached to an aromatic ring is 1. The van der Waals surface area contributed by atoms with Crippen molar-refractivity contribution >= 4 is 11.5 Å². The van der Waals surface area contributed by atoms with Crippen LogP contribution in [0, 0.1) is 0 Å². The van der Waals surface area contributed by atoms with E-state index in [0.29, 0.717) is 18.2 Å². The molecule has 0 bridgehead atoms. The van der Waals surface area contributed by atoms with Crippen LogP contribution in [0.25, 0.3) is 0 Å². The fourth-order valence-electron chi connectivity index (χ4n) is 1.87. The van der Waals surface area contributed by atoms with Gasteiger partial charge in [0.15, 0.2) is 5.82 Å². The number of nitrogens with two attached hydrogens (primary N) is 1. The van der Waals surface area contributed by atoms with Crippen LogP contribution in [0.3, 0.4) is 0 Å². The number of hydrogen-bond acceptors (Lipinski definition) is 6. The average molecular weight is 267 g/mol. The predicted molar refractivity (Wildman–Crippen MR) is 78.7 cm³/mol. The smallest absolute Gasteiger partial charge is 0.242 e. The number of rotatable bonds is 8. The molecule has 6 heteroatoms. The number of aromatic nitrogens is 2. The molecule has 108 valence electrons. The molecular weight excluding hydrogens is 242 g/mol. The SMILES string of the molecule is CCOc1ncnc(N(CC)CCCN(C)C)c1N. The molecule has 0 radical (unpaired) electrons. The maximum atomic E-state index is 6.08. The molecule has 1 aromatic heterocycles. The Bertz CT molecular complexity index is 383. The molecule has 19 heavy (non-hydrogen) atoms. The fraction of sp³-hybridized carbons (Fsp3) is 0.692. The topological polar surface area (TPSA) is 67.5 Å². The monoisotopic (exact) mass is 267 g/mol. The largest absolute Gasteiger partial charge is 0.476 e. The summed E-state index contributed by atoms with van der Waals surface area (Å²) in [6.07, 6.45) is 2.57. The Balaban J connectivity index is 2.77. The summed E-state index contributed by atoms with van der Waals surface area (Å²) in [6.45, 7) is 7.38. The summed E-state index contributed by atoms with van der Waals surface area (Å²) >= 11 is 0. The first-order chi connectivity index (χ1) is 9.10. The lowest BCUT2D eigenvalue weighted by Gasteiger charge is -2.24. The second-order valence-corrected chi connectivity index (χ2v) is 4.59. The molecule has 1 rings (SSSR count). The fourth-order valence-corrected chi connectivity index (χ4v) is 1.87. The van der Waals surface area contributed by atoms with Crippen LogP contribution in [0.15, 0.2) is 6.33 Å². The Morgan fingerprint density at radius 3 is 2.53 bits per heavy atom. The Kier molecular flexibility index (Phi) is 6.35. The molecule has 2 N–H and O–H groups in total. The van der Waals surface area contributed by atoms with Crippen LogP contribution in [-0.2, 0) is 0 Å². The Hall–Kier alpha value is -1.56. The van der Waals surface area contributed by atoms with Crippen molar-refractivity contribution in [2.75, 3.05) is 51.0 Å². The van der Waals surface area contributed by atoms with E-state index in [4.69, 9.17) is 10.5 Å². The molecule has 0 aliphatic rings. The van der Waals surface area contributed by atoms with Crippen molar-refractivity contribution in [3.63, 3.8) is 0 Å². The van der Waals surface area contributed by atoms with Gasteiger partial charge >= 0.3 is 0 Å². The van der Waals surface area contributed by atoms with Gasteiger partial charge in [-0.1, -0.05) is 0 Å². The van der Waals surface area contributed by atoms with Crippen molar-refractivity contribution in [2.24, 2.45) is 0 Å². The zero-order valence-corrected chi connectivity index (χ0v) is 12.4. The molecule has 0 saturated carbocycles. The van der Waals surface area contributed by atoms with Crippen molar-refractivity contribution in [1.82, 2.24) is 14.9 Å². The van der Waals surface area contributed by atoms with Crippen molar-refractivity contribution in [2.45, 2.75) is 20.3 Å². The third-order valence-corrected chi connectivity index (χ3v) is 2.82. The molecule has 1 heterocycles. The van der Waals surface area contributed by atoms with Crippen LogP contribution in [0.1, 0.15) is 20.3 Å². The van der Waals surface area contributed by atoms with Crippen LogP contribution >= 0.6 is 0 Å². The normalized spacial score (nSPS) is 10.8. The van der Waals surface area contributed by atoms with Gasteiger partial charge in [0, 0.05) is 13.1 Å². The van der Waals surface area contributed by atoms with E-state index < -0.39 is 0 Å². The number of nitrogens with zero attached hydrogens (tertiary/aromatic N) is 4. The molecule has 0 atom stereocenters. The molecule has 0 amide bonds. The van der Waals surface area contributed by atoms with Gasteiger partial charge in [0.25, 0.3) is 0 Å². The van der Waals surface area contributed by atoms with Gasteiger partial charge in [-0.25, -0.2) is 4.98 Å². The molecule has 0 spiro atoms. The van der Waals surface area contributed by atoms with E-state index in [2.05, 4.69) is 40.8 Å². The first-order valence-electron chi connectivity index (χ1n) is 6.73. The summed E-state index contributed by atoms with van der Waals surface area (Å²) in [5.41, 5.74) is 6.60. The number of anilines is 2. The van der Waals surface area contributed by atoms with Gasteiger partial charge in [0.05, 0.1) is 6.61 Å². The van der Waals surface area contributed by atoms with Crippen LogP contribution in [0.2, 0.25) is 0 Å². The second-order valence-electron chi connectivity index (χ2n) is 4.59. The minimum atomic E-state index is 0.471. The molecular formula is C13H25N5O. The van der Waals surface area contributed by atoms with Crippen molar-refractivity contribution in [3.8, 4) is 5.88 Å². The number of ether oxygens (including phenoxy) is 1. The molecule has 0 saturated heterocycles. The highest BCUT2D eigenvalue weighted by atomic mass is 16.5. The van der Waals surface area contributed by atoms with E-state index in [1.807, 2.05) is 6.92 Å². The lowest BCUT2D eigenvalue weighted by atomic mass is 10.3. The van der Waals surface area contributed by atoms with Gasteiger partial charge in [0.2, 0.25) is 5.88 Å². The maximum Gasteiger partial charge on any atom is 0.242 e. The summed E-state index contributed by atoms with van der Waals surface area (Å²) < 4.78 is 5.40. The van der Waals surface area contributed by atoms with E-state index in [0.717, 1.165) is 31.9 Å². The second kappa shape index (κ2) is 7.78. The zero-order valence-electron chi connectivity index (χ0n) is 12.4. The average Bonchev–Trinajstić information content (AvgIpc) is 2.38. The van der Waals surface area contributed by atoms with Gasteiger partial charge in [-0.15, -0.1) is 0 Å². The summed E-state index contributed by atoms with van der Waals surface area (Å²) in [6, 6.07) is 0. The van der Waals surface area contributed by atoms with E-state index in [9.17, 15) is 0 Å². The van der Waals surface area contributed by atoms with Crippen molar-refractivity contribution in [1.29, 1.82) is 0 Å². The van der Waals surface area contributed by atoms with Gasteiger partial charge in [-0.2, -0.15) is 4.98 Å². The summed E-state index contributed by atoms with van der Waals surface area (Å²) in [7, 11) is 4.14. The van der Waals surface area contributed by atoms with Crippen LogP contribution < -0.4 is 15.4 Å². The van der Waals surface area contributed by atoms with E-state index >= 15 is 0 Å². The highest BCUT2D eigenvalue weighted by molar-refractivity contribution is 5.67. The molecule has 0 unspecified atom stereocenters. The molecule has 0 aliphatic carbocycles. The molecule has 1 aromatic rings. The summed E-state index contributed by atoms with van der Waals surface area (Å²) in [4.78, 5) is 12.7. The van der Waals surface area contributed by atoms with Gasteiger partial charge in [-0.05, 0) is 40.9 Å². The van der Waals surface area contributed by atoms with Crippen molar-refractivity contribution in [3.05, 3.63) is 6.33 Å². The van der Waals surface area contributed by atoms with Crippen molar-refractivity contribution < 1.29 is 4.74 Å². The predicted octanol–water partition coefficient (Wildman–Crippen LogP) is 1.24. The van der Waals surface area contributed by atoms with Crippen LogP contribution in [0.5, 0.6) is 5.88 Å². The van der Waals surface area contributed by atoms with Crippen LogP contribution in [0.4, 0.5) is 11.5 Å². The Morgan fingerprint density at radius 1 is 1.21 bits per heavy atom. The van der Waals surface area contributed by atoms with E-state index in [-0.39, 0.29) is 0 Å². The standard InChI is InChI=1S/C13H25N5O/c1-5-18(9-7-8-17(3)4)12-11(14)13(19-6-2)16-10-15-12/h10H,5-9,14H2,1-4H3. The molecule has 0 fully saturated rings. The van der Waals surface area contributed by atoms with E-state index in [1.54, 1.807) is 0 Å². The summed E-state index contributed by atoms with van der Waals surface area (Å²) in [5, 5.41) is 0. The first kappa shape index (κ1) is 15.5. The lowest BCUT2D eigenvalue weighted by molar-refractivity contribution is 0.328. The first-order valence-corrected chi connectivity index (χ1v) is 6.73. The molecule has 0 aliphatic heterocycles. The highest BCUT2D eigenvalue weighted by Crippen LogP contribution is 2.27. The highest BCUT2D eigenvalue weighted by Gasteiger charge is 2.14. The zero-order chi connectivity index (χ0) is 14.3. The lowest BCUT2D eigenvalue weighted by Crippen LogP contribution is -2.28. The third-order valence-electron chi connectivity index (χ3n) is 2.82. The van der Waals surface area contributed by atoms with Gasteiger partial charge in [-0.3, -0.25) is 0 Å². The Labute approximate surface area is 115 Å². The van der Waals surface area contributed by atoms with Crippen LogP contribution in [-0.4, -0.2) is 55.2 Å². The minimum Gasteiger partial charge on any atom is -0.476 e. The third kappa shape index (κ3) is 4.55. The van der Waals surface area contributed by atoms with Gasteiger partial charge in [0.1, 0.15) is 12.0 Å². The maximum absolute atomic E-state index is 6.08. The molecule has 0 aromatic carbocycles.